The van der Waals surface area contributed by atoms with E-state index in [1.54, 1.807) is 7.11 Å². The molecule has 0 heterocycles. The normalized spacial score (nSPS) is 12.5. The Morgan fingerprint density at radius 3 is 2.35 bits per heavy atom. The standard InChI is InChI=1S/C14H21ClO2/c1-11(2)12(10-15)8-9-17-14-7-5-4-6-13(14)16-3/h4-7,11-12H,8-10H2,1-3H3. The topological polar surface area (TPSA) is 18.5 Å². The molecule has 1 aromatic rings. The van der Waals surface area contributed by atoms with Crippen molar-refractivity contribution in [1.82, 2.24) is 0 Å². The molecule has 96 valence electrons. The van der Waals surface area contributed by atoms with Crippen LogP contribution in [0.5, 0.6) is 11.5 Å². The summed E-state index contributed by atoms with van der Waals surface area (Å²) in [6, 6.07) is 7.70. The van der Waals surface area contributed by atoms with E-state index in [1.165, 1.54) is 0 Å². The Balaban J connectivity index is 2.45. The van der Waals surface area contributed by atoms with Gasteiger partial charge in [-0.05, 0) is 30.4 Å². The van der Waals surface area contributed by atoms with E-state index in [1.807, 2.05) is 24.3 Å². The zero-order chi connectivity index (χ0) is 12.7. The van der Waals surface area contributed by atoms with E-state index in [4.69, 9.17) is 21.1 Å². The third kappa shape index (κ3) is 4.47. The number of hydrogen-bond donors (Lipinski definition) is 0. The van der Waals surface area contributed by atoms with Crippen molar-refractivity contribution in [2.24, 2.45) is 11.8 Å². The van der Waals surface area contributed by atoms with Gasteiger partial charge in [-0.1, -0.05) is 26.0 Å². The molecule has 0 aliphatic heterocycles. The number of rotatable bonds is 7. The number of ether oxygens (including phenoxy) is 2. The van der Waals surface area contributed by atoms with Gasteiger partial charge in [-0.2, -0.15) is 0 Å². The number of alkyl halides is 1. The van der Waals surface area contributed by atoms with Gasteiger partial charge in [0, 0.05) is 5.88 Å². The lowest BCUT2D eigenvalue weighted by atomic mass is 9.95. The van der Waals surface area contributed by atoms with Gasteiger partial charge in [0.1, 0.15) is 0 Å². The molecule has 1 unspecified atom stereocenters. The highest BCUT2D eigenvalue weighted by Crippen LogP contribution is 2.26. The molecule has 0 bridgehead atoms. The molecule has 0 radical (unpaired) electrons. The highest BCUT2D eigenvalue weighted by Gasteiger charge is 2.12. The lowest BCUT2D eigenvalue weighted by Crippen LogP contribution is -2.14. The number of benzene rings is 1. The number of halogens is 1. The van der Waals surface area contributed by atoms with Crippen LogP contribution in [0.1, 0.15) is 20.3 Å². The van der Waals surface area contributed by atoms with Crippen molar-refractivity contribution in [2.45, 2.75) is 20.3 Å². The summed E-state index contributed by atoms with van der Waals surface area (Å²) < 4.78 is 11.0. The maximum atomic E-state index is 5.92. The minimum atomic E-state index is 0.506. The molecule has 0 aromatic heterocycles. The van der Waals surface area contributed by atoms with Crippen LogP contribution in [0.4, 0.5) is 0 Å². The van der Waals surface area contributed by atoms with Crippen LogP contribution < -0.4 is 9.47 Å². The van der Waals surface area contributed by atoms with Gasteiger partial charge in [-0.25, -0.2) is 0 Å². The molecule has 0 aliphatic carbocycles. The van der Waals surface area contributed by atoms with E-state index in [2.05, 4.69) is 13.8 Å². The van der Waals surface area contributed by atoms with Gasteiger partial charge in [0.25, 0.3) is 0 Å². The number of para-hydroxylation sites is 2. The van der Waals surface area contributed by atoms with Crippen molar-refractivity contribution in [2.75, 3.05) is 19.6 Å². The third-order valence-corrected chi connectivity index (χ3v) is 3.35. The molecule has 0 N–H and O–H groups in total. The first-order chi connectivity index (χ1) is 8.19. The number of hydrogen-bond acceptors (Lipinski definition) is 2. The van der Waals surface area contributed by atoms with Crippen molar-refractivity contribution in [3.8, 4) is 11.5 Å². The fraction of sp³-hybridized carbons (Fsp3) is 0.571. The summed E-state index contributed by atoms with van der Waals surface area (Å²) in [6.45, 7) is 5.06. The van der Waals surface area contributed by atoms with Gasteiger partial charge in [0.15, 0.2) is 11.5 Å². The van der Waals surface area contributed by atoms with Crippen LogP contribution in [0.3, 0.4) is 0 Å². The van der Waals surface area contributed by atoms with Crippen molar-refractivity contribution < 1.29 is 9.47 Å². The maximum absolute atomic E-state index is 5.92. The molecule has 2 nitrogen and oxygen atoms in total. The molecule has 0 fully saturated rings. The molecule has 3 heteroatoms. The van der Waals surface area contributed by atoms with Crippen LogP contribution in [0, 0.1) is 11.8 Å². The van der Waals surface area contributed by atoms with E-state index in [0.29, 0.717) is 24.3 Å². The predicted octanol–water partition coefficient (Wildman–Crippen LogP) is 3.98. The Morgan fingerprint density at radius 1 is 1.18 bits per heavy atom. The second-order valence-corrected chi connectivity index (χ2v) is 4.76. The zero-order valence-electron chi connectivity index (χ0n) is 10.8. The summed E-state index contributed by atoms with van der Waals surface area (Å²) in [5.41, 5.74) is 0. The Hall–Kier alpha value is -0.890. The summed E-state index contributed by atoms with van der Waals surface area (Å²) in [5.74, 6) is 3.36. The monoisotopic (exact) mass is 256 g/mol. The van der Waals surface area contributed by atoms with Crippen LogP contribution in [-0.4, -0.2) is 19.6 Å². The average molecular weight is 257 g/mol. The van der Waals surface area contributed by atoms with Crippen LogP contribution in [0.25, 0.3) is 0 Å². The van der Waals surface area contributed by atoms with Crippen LogP contribution >= 0.6 is 11.6 Å². The molecule has 0 spiro atoms. The minimum absolute atomic E-state index is 0.506. The Morgan fingerprint density at radius 2 is 1.82 bits per heavy atom. The molecular weight excluding hydrogens is 236 g/mol. The molecule has 1 atom stereocenters. The number of methoxy groups -OCH3 is 1. The molecule has 0 saturated heterocycles. The predicted molar refractivity (Wildman–Crippen MR) is 72.2 cm³/mol. The summed E-state index contributed by atoms with van der Waals surface area (Å²) in [7, 11) is 1.65. The molecule has 1 aromatic carbocycles. The summed E-state index contributed by atoms with van der Waals surface area (Å²) in [5, 5.41) is 0. The largest absolute Gasteiger partial charge is 0.493 e. The molecular formula is C14H21ClO2. The SMILES string of the molecule is COc1ccccc1OCCC(CCl)C(C)C. The van der Waals surface area contributed by atoms with Gasteiger partial charge in [-0.15, -0.1) is 11.6 Å². The highest BCUT2D eigenvalue weighted by atomic mass is 35.5. The first kappa shape index (κ1) is 14.2. The lowest BCUT2D eigenvalue weighted by molar-refractivity contribution is 0.250. The summed E-state index contributed by atoms with van der Waals surface area (Å²) in [6.07, 6.45) is 0.971. The van der Waals surface area contributed by atoms with Crippen molar-refractivity contribution in [3.63, 3.8) is 0 Å². The Bertz CT molecular complexity index is 326. The van der Waals surface area contributed by atoms with E-state index >= 15 is 0 Å². The third-order valence-electron chi connectivity index (χ3n) is 2.96. The van der Waals surface area contributed by atoms with Gasteiger partial charge in [-0.3, -0.25) is 0 Å². The molecule has 0 amide bonds. The van der Waals surface area contributed by atoms with Gasteiger partial charge in [0.2, 0.25) is 0 Å². The molecule has 0 saturated carbocycles. The average Bonchev–Trinajstić information content (AvgIpc) is 2.34. The van der Waals surface area contributed by atoms with E-state index in [9.17, 15) is 0 Å². The first-order valence-electron chi connectivity index (χ1n) is 6.00. The first-order valence-corrected chi connectivity index (χ1v) is 6.54. The molecule has 17 heavy (non-hydrogen) atoms. The minimum Gasteiger partial charge on any atom is -0.493 e. The zero-order valence-corrected chi connectivity index (χ0v) is 11.5. The second-order valence-electron chi connectivity index (χ2n) is 4.45. The van der Waals surface area contributed by atoms with E-state index in [0.717, 1.165) is 17.9 Å². The van der Waals surface area contributed by atoms with E-state index in [-0.39, 0.29) is 0 Å². The maximum Gasteiger partial charge on any atom is 0.161 e. The fourth-order valence-corrected chi connectivity index (χ4v) is 2.16. The lowest BCUT2D eigenvalue weighted by Gasteiger charge is -2.18. The van der Waals surface area contributed by atoms with Crippen molar-refractivity contribution in [3.05, 3.63) is 24.3 Å². The van der Waals surface area contributed by atoms with Crippen LogP contribution in [0.15, 0.2) is 24.3 Å². The van der Waals surface area contributed by atoms with Crippen molar-refractivity contribution in [1.29, 1.82) is 0 Å². The van der Waals surface area contributed by atoms with Crippen molar-refractivity contribution >= 4 is 11.6 Å². The Kier molecular flexibility index (Phi) is 6.20. The van der Waals surface area contributed by atoms with E-state index < -0.39 is 0 Å². The summed E-state index contributed by atoms with van der Waals surface area (Å²) in [4.78, 5) is 0. The second kappa shape index (κ2) is 7.44. The fourth-order valence-electron chi connectivity index (χ4n) is 1.65. The highest BCUT2D eigenvalue weighted by molar-refractivity contribution is 6.18. The van der Waals surface area contributed by atoms with Crippen LogP contribution in [0.2, 0.25) is 0 Å². The Labute approximate surface area is 109 Å². The van der Waals surface area contributed by atoms with Gasteiger partial charge < -0.3 is 9.47 Å². The quantitative estimate of drug-likeness (QED) is 0.687. The summed E-state index contributed by atoms with van der Waals surface area (Å²) >= 11 is 5.92. The smallest absolute Gasteiger partial charge is 0.161 e. The van der Waals surface area contributed by atoms with Gasteiger partial charge >= 0.3 is 0 Å². The van der Waals surface area contributed by atoms with Crippen LogP contribution in [-0.2, 0) is 0 Å². The molecule has 0 aliphatic rings. The molecule has 1 rings (SSSR count). The van der Waals surface area contributed by atoms with Gasteiger partial charge in [0.05, 0.1) is 13.7 Å².